The van der Waals surface area contributed by atoms with Crippen molar-refractivity contribution < 1.29 is 9.59 Å². The fourth-order valence-corrected chi connectivity index (χ4v) is 4.26. The van der Waals surface area contributed by atoms with Crippen molar-refractivity contribution in [3.05, 3.63) is 22.4 Å². The smallest absolute Gasteiger partial charge is 0.264 e. The summed E-state index contributed by atoms with van der Waals surface area (Å²) in [5.74, 6) is 0.345. The van der Waals surface area contributed by atoms with Crippen molar-refractivity contribution in [2.45, 2.75) is 19.9 Å². The van der Waals surface area contributed by atoms with Gasteiger partial charge < -0.3 is 14.7 Å². The zero-order valence-corrected chi connectivity index (χ0v) is 16.0. The number of carbonyl (C=O) groups excluding carboxylic acids is 2. The molecule has 1 aromatic heterocycles. The van der Waals surface area contributed by atoms with E-state index >= 15 is 0 Å². The summed E-state index contributed by atoms with van der Waals surface area (Å²) in [6.07, 6.45) is 0. The molecule has 0 bridgehead atoms. The zero-order chi connectivity index (χ0) is 17.8. The normalized spacial score (nSPS) is 21.4. The molecule has 0 aromatic carbocycles. The number of likely N-dealkylation sites (N-methyl/N-ethyl adjacent to an activating group) is 1. The van der Waals surface area contributed by atoms with E-state index in [1.807, 2.05) is 34.2 Å². The Hall–Kier alpha value is -1.44. The Morgan fingerprint density at radius 1 is 1.04 bits per heavy atom. The van der Waals surface area contributed by atoms with E-state index in [2.05, 4.69) is 16.7 Å². The third-order valence-electron chi connectivity index (χ3n) is 5.37. The second-order valence-corrected chi connectivity index (χ2v) is 7.69. The molecule has 0 spiro atoms. The summed E-state index contributed by atoms with van der Waals surface area (Å²) < 4.78 is 0. The molecule has 138 valence electrons. The van der Waals surface area contributed by atoms with Crippen molar-refractivity contribution in [1.29, 1.82) is 0 Å². The molecule has 2 saturated heterocycles. The average molecular weight is 365 g/mol. The Kier molecular flexibility index (Phi) is 6.09. The molecule has 0 radical (unpaired) electrons. The monoisotopic (exact) mass is 364 g/mol. The summed E-state index contributed by atoms with van der Waals surface area (Å²) in [7, 11) is 0. The summed E-state index contributed by atoms with van der Waals surface area (Å²) >= 11 is 1.49. The van der Waals surface area contributed by atoms with E-state index in [1.165, 1.54) is 11.3 Å². The minimum atomic E-state index is -0.104. The standard InChI is InChI=1S/C18H28N4O2S/c1-3-19-6-8-21(9-7-19)17(23)15(2)20-10-12-22(13-11-20)18(24)16-5-4-14-25-16/h4-5,14-15H,3,6-13H2,1-2H3. The van der Waals surface area contributed by atoms with Gasteiger partial charge in [-0.2, -0.15) is 0 Å². The molecule has 0 saturated carbocycles. The van der Waals surface area contributed by atoms with E-state index in [9.17, 15) is 9.59 Å². The quantitative estimate of drug-likeness (QED) is 0.802. The maximum atomic E-state index is 12.8. The number of hydrogen-bond acceptors (Lipinski definition) is 5. The van der Waals surface area contributed by atoms with Crippen LogP contribution in [-0.2, 0) is 4.79 Å². The minimum Gasteiger partial charge on any atom is -0.339 e. The molecule has 1 aromatic rings. The Morgan fingerprint density at radius 2 is 1.68 bits per heavy atom. The largest absolute Gasteiger partial charge is 0.339 e. The molecule has 2 aliphatic rings. The molecule has 0 N–H and O–H groups in total. The predicted molar refractivity (Wildman–Crippen MR) is 100.0 cm³/mol. The molecule has 2 amide bonds. The first-order chi connectivity index (χ1) is 12.1. The van der Waals surface area contributed by atoms with E-state index in [0.717, 1.165) is 50.7 Å². The second-order valence-electron chi connectivity index (χ2n) is 6.74. The fraction of sp³-hybridized carbons (Fsp3) is 0.667. The molecule has 3 heterocycles. The van der Waals surface area contributed by atoms with Crippen LogP contribution in [0.4, 0.5) is 0 Å². The number of hydrogen-bond donors (Lipinski definition) is 0. The van der Waals surface area contributed by atoms with Crippen LogP contribution in [0.1, 0.15) is 23.5 Å². The number of rotatable bonds is 4. The third-order valence-corrected chi connectivity index (χ3v) is 6.23. The van der Waals surface area contributed by atoms with Crippen LogP contribution in [0, 0.1) is 0 Å². The van der Waals surface area contributed by atoms with Gasteiger partial charge in [-0.25, -0.2) is 0 Å². The highest BCUT2D eigenvalue weighted by molar-refractivity contribution is 7.12. The molecule has 1 unspecified atom stereocenters. The Bertz CT molecular complexity index is 576. The summed E-state index contributed by atoms with van der Waals surface area (Å²) in [5, 5.41) is 1.93. The third kappa shape index (κ3) is 4.22. The Labute approximate surface area is 154 Å². The van der Waals surface area contributed by atoms with Gasteiger partial charge in [-0.3, -0.25) is 14.5 Å². The van der Waals surface area contributed by atoms with E-state index < -0.39 is 0 Å². The van der Waals surface area contributed by atoms with Gasteiger partial charge in [0.1, 0.15) is 0 Å². The SMILES string of the molecule is CCN1CCN(C(=O)C(C)N2CCN(C(=O)c3cccs3)CC2)CC1. The number of piperazine rings is 2. The molecule has 3 rings (SSSR count). The van der Waals surface area contributed by atoms with E-state index in [0.29, 0.717) is 13.1 Å². The van der Waals surface area contributed by atoms with E-state index in [1.54, 1.807) is 0 Å². The lowest BCUT2D eigenvalue weighted by Gasteiger charge is -2.40. The van der Waals surface area contributed by atoms with Gasteiger partial charge in [-0.15, -0.1) is 11.3 Å². The van der Waals surface area contributed by atoms with Crippen LogP contribution >= 0.6 is 11.3 Å². The molecular weight excluding hydrogens is 336 g/mol. The van der Waals surface area contributed by atoms with Crippen molar-refractivity contribution in [3.63, 3.8) is 0 Å². The fourth-order valence-electron chi connectivity index (χ4n) is 3.57. The zero-order valence-electron chi connectivity index (χ0n) is 15.2. The second kappa shape index (κ2) is 8.29. The van der Waals surface area contributed by atoms with Crippen LogP contribution in [0.3, 0.4) is 0 Å². The van der Waals surface area contributed by atoms with Crippen LogP contribution in [0.5, 0.6) is 0 Å². The Morgan fingerprint density at radius 3 is 2.24 bits per heavy atom. The maximum absolute atomic E-state index is 12.8. The van der Waals surface area contributed by atoms with Gasteiger partial charge in [-0.1, -0.05) is 13.0 Å². The van der Waals surface area contributed by atoms with Crippen LogP contribution in [0.15, 0.2) is 17.5 Å². The average Bonchev–Trinajstić information content (AvgIpc) is 3.21. The molecule has 2 aliphatic heterocycles. The predicted octanol–water partition coefficient (Wildman–Crippen LogP) is 1.06. The molecule has 0 aliphatic carbocycles. The summed E-state index contributed by atoms with van der Waals surface area (Å²) in [6, 6.07) is 3.68. The topological polar surface area (TPSA) is 47.1 Å². The van der Waals surface area contributed by atoms with Crippen LogP contribution in [-0.4, -0.2) is 96.4 Å². The van der Waals surface area contributed by atoms with Crippen molar-refractivity contribution in [2.75, 3.05) is 58.9 Å². The Balaban J connectivity index is 1.49. The van der Waals surface area contributed by atoms with Gasteiger partial charge in [0, 0.05) is 52.4 Å². The maximum Gasteiger partial charge on any atom is 0.264 e. The van der Waals surface area contributed by atoms with E-state index in [4.69, 9.17) is 0 Å². The van der Waals surface area contributed by atoms with Crippen LogP contribution in [0.2, 0.25) is 0 Å². The molecule has 2 fully saturated rings. The highest BCUT2D eigenvalue weighted by Gasteiger charge is 2.31. The molecule has 25 heavy (non-hydrogen) atoms. The van der Waals surface area contributed by atoms with Gasteiger partial charge in [-0.05, 0) is 24.9 Å². The first kappa shape index (κ1) is 18.4. The lowest BCUT2D eigenvalue weighted by Crippen LogP contribution is -2.57. The van der Waals surface area contributed by atoms with Crippen LogP contribution in [0.25, 0.3) is 0 Å². The summed E-state index contributed by atoms with van der Waals surface area (Å²) in [5.41, 5.74) is 0. The first-order valence-corrected chi connectivity index (χ1v) is 10.1. The van der Waals surface area contributed by atoms with Crippen molar-refractivity contribution in [3.8, 4) is 0 Å². The number of nitrogens with zero attached hydrogens (tertiary/aromatic N) is 4. The summed E-state index contributed by atoms with van der Waals surface area (Å²) in [4.78, 5) is 34.5. The van der Waals surface area contributed by atoms with Gasteiger partial charge in [0.2, 0.25) is 5.91 Å². The minimum absolute atomic E-state index is 0.104. The number of amides is 2. The molecule has 6 nitrogen and oxygen atoms in total. The number of thiophene rings is 1. The van der Waals surface area contributed by atoms with Crippen molar-refractivity contribution in [1.82, 2.24) is 19.6 Å². The molecule has 7 heteroatoms. The highest BCUT2D eigenvalue weighted by Crippen LogP contribution is 2.16. The first-order valence-electron chi connectivity index (χ1n) is 9.18. The lowest BCUT2D eigenvalue weighted by atomic mass is 10.1. The molecular formula is C18H28N4O2S. The lowest BCUT2D eigenvalue weighted by molar-refractivity contribution is -0.138. The van der Waals surface area contributed by atoms with Gasteiger partial charge in [0.15, 0.2) is 0 Å². The van der Waals surface area contributed by atoms with Gasteiger partial charge in [0.05, 0.1) is 10.9 Å². The van der Waals surface area contributed by atoms with Crippen molar-refractivity contribution >= 4 is 23.2 Å². The number of carbonyl (C=O) groups is 2. The summed E-state index contributed by atoms with van der Waals surface area (Å²) in [6.45, 7) is 11.7. The van der Waals surface area contributed by atoms with Gasteiger partial charge in [0.25, 0.3) is 5.91 Å². The van der Waals surface area contributed by atoms with E-state index in [-0.39, 0.29) is 17.9 Å². The van der Waals surface area contributed by atoms with Crippen LogP contribution < -0.4 is 0 Å². The molecule has 1 atom stereocenters. The highest BCUT2D eigenvalue weighted by atomic mass is 32.1. The van der Waals surface area contributed by atoms with Crippen molar-refractivity contribution in [2.24, 2.45) is 0 Å². The van der Waals surface area contributed by atoms with Gasteiger partial charge >= 0.3 is 0 Å².